The molecule has 18 heavy (non-hydrogen) atoms. The van der Waals surface area contributed by atoms with Crippen molar-refractivity contribution in [2.75, 3.05) is 13.1 Å². The molecule has 3 heteroatoms. The summed E-state index contributed by atoms with van der Waals surface area (Å²) in [6, 6.07) is 6.78. The first-order valence-electron chi connectivity index (χ1n) is 6.93. The average molecular weight is 309 g/mol. The minimum absolute atomic E-state index is 0.107. The zero-order valence-electron chi connectivity index (χ0n) is 10.8. The Bertz CT molecular complexity index is 434. The first kappa shape index (κ1) is 12.6. The minimum Gasteiger partial charge on any atom is -0.325 e. The molecular formula is C15H21BrN2. The van der Waals surface area contributed by atoms with E-state index in [0.717, 1.165) is 13.0 Å². The standard InChI is InChI=1S/C15H21BrN2/c16-14-9-12(10-15(17)5-6-15)3-4-13(14)11-18-7-1-2-8-18/h3-4,9H,1-2,5-8,10-11,17H2. The van der Waals surface area contributed by atoms with E-state index in [9.17, 15) is 0 Å². The van der Waals surface area contributed by atoms with Crippen molar-refractivity contribution in [2.45, 2.75) is 44.2 Å². The van der Waals surface area contributed by atoms with Crippen molar-refractivity contribution < 1.29 is 0 Å². The average Bonchev–Trinajstić information content (AvgIpc) is 2.86. The quantitative estimate of drug-likeness (QED) is 0.926. The first-order chi connectivity index (χ1) is 8.65. The second-order valence-corrected chi connectivity index (χ2v) is 6.80. The smallest absolute Gasteiger partial charge is 0.0244 e. The Balaban J connectivity index is 1.68. The summed E-state index contributed by atoms with van der Waals surface area (Å²) < 4.78 is 1.25. The number of likely N-dealkylation sites (tertiary alicyclic amines) is 1. The van der Waals surface area contributed by atoms with E-state index < -0.39 is 0 Å². The van der Waals surface area contributed by atoms with E-state index in [4.69, 9.17) is 5.73 Å². The normalized spacial score (nSPS) is 22.3. The first-order valence-corrected chi connectivity index (χ1v) is 7.73. The minimum atomic E-state index is 0.107. The van der Waals surface area contributed by atoms with E-state index in [0.29, 0.717) is 0 Å². The fourth-order valence-electron chi connectivity index (χ4n) is 2.75. The van der Waals surface area contributed by atoms with Crippen LogP contribution in [-0.4, -0.2) is 23.5 Å². The summed E-state index contributed by atoms with van der Waals surface area (Å²) >= 11 is 3.71. The molecule has 0 aromatic heterocycles. The van der Waals surface area contributed by atoms with Crippen molar-refractivity contribution in [3.63, 3.8) is 0 Å². The maximum atomic E-state index is 6.18. The molecule has 1 heterocycles. The van der Waals surface area contributed by atoms with Gasteiger partial charge in [0.15, 0.2) is 0 Å². The van der Waals surface area contributed by atoms with Gasteiger partial charge in [-0.1, -0.05) is 28.1 Å². The molecule has 2 aliphatic rings. The molecule has 1 aromatic carbocycles. The van der Waals surface area contributed by atoms with E-state index in [1.54, 1.807) is 0 Å². The van der Waals surface area contributed by atoms with Crippen LogP contribution in [0.5, 0.6) is 0 Å². The van der Waals surface area contributed by atoms with Gasteiger partial charge in [-0.3, -0.25) is 4.90 Å². The van der Waals surface area contributed by atoms with Crippen LogP contribution in [0.4, 0.5) is 0 Å². The van der Waals surface area contributed by atoms with Crippen LogP contribution in [0, 0.1) is 0 Å². The zero-order chi connectivity index (χ0) is 12.6. The van der Waals surface area contributed by atoms with Gasteiger partial charge >= 0.3 is 0 Å². The SMILES string of the molecule is NC1(Cc2ccc(CN3CCCC3)c(Br)c2)CC1. The summed E-state index contributed by atoms with van der Waals surface area (Å²) in [7, 11) is 0. The van der Waals surface area contributed by atoms with Crippen LogP contribution in [0.1, 0.15) is 36.8 Å². The van der Waals surface area contributed by atoms with Gasteiger partial charge in [0.25, 0.3) is 0 Å². The van der Waals surface area contributed by atoms with Crippen LogP contribution in [-0.2, 0) is 13.0 Å². The number of nitrogens with two attached hydrogens (primary N) is 1. The molecule has 1 saturated heterocycles. The lowest BCUT2D eigenvalue weighted by atomic mass is 10.0. The lowest BCUT2D eigenvalue weighted by Gasteiger charge is -2.17. The highest BCUT2D eigenvalue weighted by Crippen LogP contribution is 2.36. The van der Waals surface area contributed by atoms with Gasteiger partial charge in [0, 0.05) is 16.6 Å². The maximum Gasteiger partial charge on any atom is 0.0244 e. The lowest BCUT2D eigenvalue weighted by Crippen LogP contribution is -2.24. The molecule has 1 aliphatic heterocycles. The second kappa shape index (κ2) is 4.95. The molecule has 1 saturated carbocycles. The maximum absolute atomic E-state index is 6.18. The molecule has 2 N–H and O–H groups in total. The van der Waals surface area contributed by atoms with Crippen LogP contribution in [0.2, 0.25) is 0 Å². The molecule has 1 aliphatic carbocycles. The Kier molecular flexibility index (Phi) is 3.48. The number of hydrogen-bond donors (Lipinski definition) is 1. The van der Waals surface area contributed by atoms with Crippen molar-refractivity contribution in [3.05, 3.63) is 33.8 Å². The largest absolute Gasteiger partial charge is 0.325 e. The highest BCUT2D eigenvalue weighted by Gasteiger charge is 2.37. The molecule has 1 aromatic rings. The fraction of sp³-hybridized carbons (Fsp3) is 0.600. The molecule has 0 spiro atoms. The summed E-state index contributed by atoms with van der Waals surface area (Å²) in [5, 5.41) is 0. The number of benzene rings is 1. The number of halogens is 1. The predicted octanol–water partition coefficient (Wildman–Crippen LogP) is 3.08. The van der Waals surface area contributed by atoms with Gasteiger partial charge < -0.3 is 5.73 Å². The molecular weight excluding hydrogens is 288 g/mol. The third-order valence-corrected chi connectivity index (χ3v) is 4.90. The summed E-state index contributed by atoms with van der Waals surface area (Å²) in [4.78, 5) is 2.53. The van der Waals surface area contributed by atoms with Gasteiger partial charge in [0.2, 0.25) is 0 Å². The summed E-state index contributed by atoms with van der Waals surface area (Å²) in [5.41, 5.74) is 9.06. The summed E-state index contributed by atoms with van der Waals surface area (Å²) in [5.74, 6) is 0. The molecule has 0 atom stereocenters. The molecule has 0 amide bonds. The Hall–Kier alpha value is -0.380. The summed E-state index contributed by atoms with van der Waals surface area (Å²) in [6.07, 6.45) is 6.09. The van der Waals surface area contributed by atoms with Crippen LogP contribution in [0.25, 0.3) is 0 Å². The number of hydrogen-bond acceptors (Lipinski definition) is 2. The van der Waals surface area contributed by atoms with Crippen LogP contribution in [0.3, 0.4) is 0 Å². The lowest BCUT2D eigenvalue weighted by molar-refractivity contribution is 0.331. The fourth-order valence-corrected chi connectivity index (χ4v) is 3.31. The van der Waals surface area contributed by atoms with E-state index in [1.807, 2.05) is 0 Å². The third-order valence-electron chi connectivity index (χ3n) is 4.16. The molecule has 98 valence electrons. The van der Waals surface area contributed by atoms with Gasteiger partial charge in [-0.05, 0) is 62.4 Å². The molecule has 3 rings (SSSR count). The van der Waals surface area contributed by atoms with E-state index in [-0.39, 0.29) is 5.54 Å². The molecule has 2 nitrogen and oxygen atoms in total. The summed E-state index contributed by atoms with van der Waals surface area (Å²) in [6.45, 7) is 3.58. The third kappa shape index (κ3) is 2.95. The monoisotopic (exact) mass is 308 g/mol. The Labute approximate surface area is 118 Å². The molecule has 2 fully saturated rings. The van der Waals surface area contributed by atoms with Crippen LogP contribution < -0.4 is 5.73 Å². The van der Waals surface area contributed by atoms with E-state index >= 15 is 0 Å². The van der Waals surface area contributed by atoms with Gasteiger partial charge in [-0.15, -0.1) is 0 Å². The Morgan fingerprint density at radius 3 is 2.56 bits per heavy atom. The van der Waals surface area contributed by atoms with Gasteiger partial charge in [-0.25, -0.2) is 0 Å². The Morgan fingerprint density at radius 2 is 1.94 bits per heavy atom. The number of rotatable bonds is 4. The highest BCUT2D eigenvalue weighted by molar-refractivity contribution is 9.10. The van der Waals surface area contributed by atoms with Crippen molar-refractivity contribution in [1.82, 2.24) is 4.90 Å². The van der Waals surface area contributed by atoms with Crippen molar-refractivity contribution >= 4 is 15.9 Å². The zero-order valence-corrected chi connectivity index (χ0v) is 12.4. The van der Waals surface area contributed by atoms with Crippen LogP contribution >= 0.6 is 15.9 Å². The van der Waals surface area contributed by atoms with Crippen molar-refractivity contribution in [2.24, 2.45) is 5.73 Å². The van der Waals surface area contributed by atoms with E-state index in [1.165, 1.54) is 54.4 Å². The second-order valence-electron chi connectivity index (χ2n) is 5.95. The molecule has 0 bridgehead atoms. The van der Waals surface area contributed by atoms with Crippen molar-refractivity contribution in [3.8, 4) is 0 Å². The van der Waals surface area contributed by atoms with Crippen LogP contribution in [0.15, 0.2) is 22.7 Å². The van der Waals surface area contributed by atoms with Gasteiger partial charge in [0.05, 0.1) is 0 Å². The van der Waals surface area contributed by atoms with Gasteiger partial charge in [-0.2, -0.15) is 0 Å². The van der Waals surface area contributed by atoms with Gasteiger partial charge in [0.1, 0.15) is 0 Å². The topological polar surface area (TPSA) is 29.3 Å². The predicted molar refractivity (Wildman–Crippen MR) is 78.5 cm³/mol. The number of nitrogens with zero attached hydrogens (tertiary/aromatic N) is 1. The highest BCUT2D eigenvalue weighted by atomic mass is 79.9. The molecule has 0 unspecified atom stereocenters. The molecule has 0 radical (unpaired) electrons. The van der Waals surface area contributed by atoms with E-state index in [2.05, 4.69) is 39.0 Å². The Morgan fingerprint density at radius 1 is 1.22 bits per heavy atom. The van der Waals surface area contributed by atoms with Crippen molar-refractivity contribution in [1.29, 1.82) is 0 Å².